The molecule has 0 spiro atoms. The summed E-state index contributed by atoms with van der Waals surface area (Å²) < 4.78 is 4.89. The number of hydrogen-bond acceptors (Lipinski definition) is 3. The molecule has 0 bridgehead atoms. The minimum Gasteiger partial charge on any atom is -0.466 e. The number of allylic oxidation sites excluding steroid dienone is 2. The maximum Gasteiger partial charge on any atom is 0.302 e. The molecule has 0 saturated carbocycles. The van der Waals surface area contributed by atoms with Crippen LogP contribution in [0, 0.1) is 11.8 Å². The number of ketones is 1. The Kier molecular flexibility index (Phi) is 4.71. The van der Waals surface area contributed by atoms with Gasteiger partial charge < -0.3 is 4.74 Å². The van der Waals surface area contributed by atoms with Crippen LogP contribution < -0.4 is 0 Å². The minimum atomic E-state index is -0.252. The lowest BCUT2D eigenvalue weighted by molar-refractivity contribution is -0.141. The number of carbonyl (C=O) groups is 2. The van der Waals surface area contributed by atoms with Crippen molar-refractivity contribution in [2.24, 2.45) is 11.8 Å². The van der Waals surface area contributed by atoms with Crippen LogP contribution in [0.25, 0.3) is 0 Å². The highest BCUT2D eigenvalue weighted by Gasteiger charge is 2.26. The van der Waals surface area contributed by atoms with E-state index < -0.39 is 0 Å². The fraction of sp³-hybridized carbons (Fsp3) is 0.692. The Morgan fingerprint density at radius 3 is 2.88 bits per heavy atom. The normalized spacial score (nSPS) is 22.6. The van der Waals surface area contributed by atoms with E-state index >= 15 is 0 Å². The zero-order valence-electron chi connectivity index (χ0n) is 10.3. The average molecular weight is 224 g/mol. The molecular formula is C13H20O3. The summed E-state index contributed by atoms with van der Waals surface area (Å²) in [5.74, 6) is 0.382. The van der Waals surface area contributed by atoms with Crippen LogP contribution in [0.15, 0.2) is 11.6 Å². The van der Waals surface area contributed by atoms with Crippen LogP contribution in [0.1, 0.15) is 40.0 Å². The zero-order valence-corrected chi connectivity index (χ0v) is 10.3. The summed E-state index contributed by atoms with van der Waals surface area (Å²) in [6.07, 6.45) is 4.47. The molecule has 0 aromatic heterocycles. The molecular weight excluding hydrogens is 204 g/mol. The Balaban J connectivity index is 2.40. The summed E-state index contributed by atoms with van der Waals surface area (Å²) >= 11 is 0. The largest absolute Gasteiger partial charge is 0.466 e. The van der Waals surface area contributed by atoms with Gasteiger partial charge in [-0.05, 0) is 38.2 Å². The molecule has 0 fully saturated rings. The fourth-order valence-corrected chi connectivity index (χ4v) is 2.10. The Morgan fingerprint density at radius 1 is 1.62 bits per heavy atom. The average Bonchev–Trinajstić information content (AvgIpc) is 2.16. The van der Waals surface area contributed by atoms with Crippen LogP contribution in [-0.4, -0.2) is 18.4 Å². The van der Waals surface area contributed by atoms with Gasteiger partial charge in [0.05, 0.1) is 6.61 Å². The lowest BCUT2D eigenvalue weighted by Gasteiger charge is -2.25. The Hall–Kier alpha value is -1.12. The van der Waals surface area contributed by atoms with E-state index in [4.69, 9.17) is 4.74 Å². The van der Waals surface area contributed by atoms with Gasteiger partial charge in [0.25, 0.3) is 0 Å². The maximum absolute atomic E-state index is 11.8. The van der Waals surface area contributed by atoms with Crippen LogP contribution in [-0.2, 0) is 14.3 Å². The highest BCUT2D eigenvalue weighted by Crippen LogP contribution is 2.28. The molecule has 0 radical (unpaired) electrons. The van der Waals surface area contributed by atoms with Crippen molar-refractivity contribution >= 4 is 11.8 Å². The quantitative estimate of drug-likeness (QED) is 0.689. The van der Waals surface area contributed by atoms with Gasteiger partial charge in [-0.2, -0.15) is 0 Å². The van der Waals surface area contributed by atoms with Gasteiger partial charge in [-0.3, -0.25) is 9.59 Å². The van der Waals surface area contributed by atoms with Gasteiger partial charge in [-0.1, -0.05) is 12.5 Å². The van der Waals surface area contributed by atoms with E-state index in [0.29, 0.717) is 6.61 Å². The van der Waals surface area contributed by atoms with Crippen LogP contribution in [0.3, 0.4) is 0 Å². The molecule has 3 heteroatoms. The summed E-state index contributed by atoms with van der Waals surface area (Å²) in [5, 5.41) is 0. The molecule has 90 valence electrons. The van der Waals surface area contributed by atoms with E-state index in [-0.39, 0.29) is 23.6 Å². The van der Waals surface area contributed by atoms with E-state index in [1.807, 2.05) is 6.92 Å². The molecule has 0 aromatic carbocycles. The number of rotatable bonds is 4. The predicted molar refractivity (Wildman–Crippen MR) is 61.9 cm³/mol. The molecule has 0 N–H and O–H groups in total. The minimum absolute atomic E-state index is 0.110. The number of ether oxygens (including phenoxy) is 1. The lowest BCUT2D eigenvalue weighted by Crippen LogP contribution is -2.25. The summed E-state index contributed by atoms with van der Waals surface area (Å²) in [6.45, 7) is 5.88. The van der Waals surface area contributed by atoms with Gasteiger partial charge in [0, 0.05) is 12.8 Å². The SMILES string of the molecule is CC(=O)OCCC(C)C1CCC(C)=CC1=O. The van der Waals surface area contributed by atoms with E-state index in [1.54, 1.807) is 6.08 Å². The Labute approximate surface area is 96.9 Å². The molecule has 0 heterocycles. The molecule has 0 saturated heterocycles. The maximum atomic E-state index is 11.8. The van der Waals surface area contributed by atoms with Gasteiger partial charge in [0.1, 0.15) is 0 Å². The van der Waals surface area contributed by atoms with Crippen molar-refractivity contribution in [3.05, 3.63) is 11.6 Å². The van der Waals surface area contributed by atoms with E-state index in [1.165, 1.54) is 12.5 Å². The lowest BCUT2D eigenvalue weighted by atomic mass is 9.79. The van der Waals surface area contributed by atoms with Gasteiger partial charge >= 0.3 is 5.97 Å². The van der Waals surface area contributed by atoms with Crippen molar-refractivity contribution in [2.45, 2.75) is 40.0 Å². The Bertz CT molecular complexity index is 304. The smallest absolute Gasteiger partial charge is 0.302 e. The standard InChI is InChI=1S/C13H20O3/c1-9-4-5-12(13(15)8-9)10(2)6-7-16-11(3)14/h8,10,12H,4-7H2,1-3H3. The van der Waals surface area contributed by atoms with Crippen LogP contribution in [0.4, 0.5) is 0 Å². The molecule has 3 nitrogen and oxygen atoms in total. The molecule has 0 aromatic rings. The summed E-state index contributed by atoms with van der Waals surface area (Å²) in [4.78, 5) is 22.4. The summed E-state index contributed by atoms with van der Waals surface area (Å²) in [6, 6.07) is 0. The molecule has 1 rings (SSSR count). The summed E-state index contributed by atoms with van der Waals surface area (Å²) in [5.41, 5.74) is 1.17. The van der Waals surface area contributed by atoms with Crippen LogP contribution in [0.2, 0.25) is 0 Å². The van der Waals surface area contributed by atoms with Crippen molar-refractivity contribution in [1.29, 1.82) is 0 Å². The highest BCUT2D eigenvalue weighted by atomic mass is 16.5. The van der Waals surface area contributed by atoms with E-state index in [0.717, 1.165) is 19.3 Å². The monoisotopic (exact) mass is 224 g/mol. The number of esters is 1. The van der Waals surface area contributed by atoms with Crippen molar-refractivity contribution < 1.29 is 14.3 Å². The molecule has 2 atom stereocenters. The third kappa shape index (κ3) is 3.80. The first kappa shape index (κ1) is 12.9. The second-order valence-corrected chi connectivity index (χ2v) is 4.64. The molecule has 0 amide bonds. The second-order valence-electron chi connectivity index (χ2n) is 4.64. The highest BCUT2D eigenvalue weighted by molar-refractivity contribution is 5.93. The summed E-state index contributed by atoms with van der Waals surface area (Å²) in [7, 11) is 0. The van der Waals surface area contributed by atoms with Gasteiger partial charge in [-0.15, -0.1) is 0 Å². The fourth-order valence-electron chi connectivity index (χ4n) is 2.10. The molecule has 1 aliphatic carbocycles. The van der Waals surface area contributed by atoms with Gasteiger partial charge in [-0.25, -0.2) is 0 Å². The van der Waals surface area contributed by atoms with Gasteiger partial charge in [0.15, 0.2) is 5.78 Å². The molecule has 16 heavy (non-hydrogen) atoms. The predicted octanol–water partition coefficient (Wildman–Crippen LogP) is 2.50. The van der Waals surface area contributed by atoms with Crippen molar-refractivity contribution in [2.75, 3.05) is 6.61 Å². The molecule has 1 aliphatic rings. The Morgan fingerprint density at radius 2 is 2.31 bits per heavy atom. The van der Waals surface area contributed by atoms with Crippen LogP contribution >= 0.6 is 0 Å². The van der Waals surface area contributed by atoms with E-state index in [9.17, 15) is 9.59 Å². The van der Waals surface area contributed by atoms with E-state index in [2.05, 4.69) is 6.92 Å². The molecule has 0 aliphatic heterocycles. The third-order valence-electron chi connectivity index (χ3n) is 3.17. The first-order chi connectivity index (χ1) is 7.50. The topological polar surface area (TPSA) is 43.4 Å². The van der Waals surface area contributed by atoms with Gasteiger partial charge in [0.2, 0.25) is 0 Å². The third-order valence-corrected chi connectivity index (χ3v) is 3.17. The first-order valence-corrected chi connectivity index (χ1v) is 5.85. The second kappa shape index (κ2) is 5.83. The number of hydrogen-bond donors (Lipinski definition) is 0. The van der Waals surface area contributed by atoms with Crippen molar-refractivity contribution in [1.82, 2.24) is 0 Å². The first-order valence-electron chi connectivity index (χ1n) is 5.85. The van der Waals surface area contributed by atoms with Crippen LogP contribution in [0.5, 0.6) is 0 Å². The van der Waals surface area contributed by atoms with Crippen molar-refractivity contribution in [3.63, 3.8) is 0 Å². The molecule has 2 unspecified atom stereocenters. The number of carbonyl (C=O) groups excluding carboxylic acids is 2. The van der Waals surface area contributed by atoms with Crippen molar-refractivity contribution in [3.8, 4) is 0 Å². The zero-order chi connectivity index (χ0) is 12.1.